The molecule has 1 saturated heterocycles. The molecular weight excluding hydrogens is 268 g/mol. The van der Waals surface area contributed by atoms with Crippen molar-refractivity contribution in [1.29, 1.82) is 0 Å². The normalized spacial score (nSPS) is 36.6. The summed E-state index contributed by atoms with van der Waals surface area (Å²) in [4.78, 5) is 0. The zero-order valence-electron chi connectivity index (χ0n) is 11.7. The topological polar surface area (TPSA) is 120 Å². The first-order valence-electron chi connectivity index (χ1n) is 6.48. The van der Waals surface area contributed by atoms with Gasteiger partial charge in [-0.25, -0.2) is 0 Å². The molecule has 0 saturated carbocycles. The molecular formula is C13H24O7. The van der Waals surface area contributed by atoms with Crippen molar-refractivity contribution in [1.82, 2.24) is 0 Å². The minimum absolute atomic E-state index is 0.151. The van der Waals surface area contributed by atoms with E-state index in [9.17, 15) is 20.4 Å². The maximum absolute atomic E-state index is 9.94. The van der Waals surface area contributed by atoms with Crippen LogP contribution in [0.1, 0.15) is 13.8 Å². The minimum atomic E-state index is -1.49. The fourth-order valence-electron chi connectivity index (χ4n) is 1.74. The van der Waals surface area contributed by atoms with Crippen molar-refractivity contribution in [3.8, 4) is 0 Å². The van der Waals surface area contributed by atoms with Crippen LogP contribution in [0.4, 0.5) is 0 Å². The number of hydrogen-bond donors (Lipinski definition) is 5. The molecule has 0 bridgehead atoms. The maximum atomic E-state index is 9.94. The van der Waals surface area contributed by atoms with E-state index in [-0.39, 0.29) is 6.61 Å². The van der Waals surface area contributed by atoms with Gasteiger partial charge in [0.25, 0.3) is 0 Å². The van der Waals surface area contributed by atoms with Crippen LogP contribution < -0.4 is 0 Å². The van der Waals surface area contributed by atoms with Crippen LogP contribution in [0.2, 0.25) is 0 Å². The molecule has 5 N–H and O–H groups in total. The Labute approximate surface area is 118 Å². The van der Waals surface area contributed by atoms with Crippen molar-refractivity contribution in [2.75, 3.05) is 13.2 Å². The van der Waals surface area contributed by atoms with E-state index in [1.54, 1.807) is 19.9 Å². The van der Waals surface area contributed by atoms with Gasteiger partial charge in [0.1, 0.15) is 24.4 Å². The summed E-state index contributed by atoms with van der Waals surface area (Å²) in [7, 11) is 0. The first kappa shape index (κ1) is 17.5. The van der Waals surface area contributed by atoms with Crippen LogP contribution in [0.25, 0.3) is 0 Å². The number of hydrogen-bond acceptors (Lipinski definition) is 7. The number of aliphatic hydroxyl groups is 5. The van der Waals surface area contributed by atoms with Gasteiger partial charge in [-0.2, -0.15) is 0 Å². The molecule has 1 aliphatic rings. The lowest BCUT2D eigenvalue weighted by molar-refractivity contribution is -0.305. The van der Waals surface area contributed by atoms with E-state index in [2.05, 4.69) is 6.58 Å². The molecule has 0 aromatic rings. The summed E-state index contributed by atoms with van der Waals surface area (Å²) in [6, 6.07) is 0. The molecule has 20 heavy (non-hydrogen) atoms. The van der Waals surface area contributed by atoms with Crippen molar-refractivity contribution in [3.05, 3.63) is 12.7 Å². The maximum Gasteiger partial charge on any atom is 0.186 e. The minimum Gasteiger partial charge on any atom is -0.394 e. The third-order valence-electron chi connectivity index (χ3n) is 3.65. The second-order valence-corrected chi connectivity index (χ2v) is 5.57. The lowest BCUT2D eigenvalue weighted by Crippen LogP contribution is -2.59. The van der Waals surface area contributed by atoms with Gasteiger partial charge in [0, 0.05) is 5.41 Å². The second kappa shape index (κ2) is 6.95. The van der Waals surface area contributed by atoms with Crippen molar-refractivity contribution >= 4 is 0 Å². The SMILES string of the molecule is C=CC(C)(C)[C@H](O)CO[C@@H]1O[C@H](CO)[C@H](O)[C@H](O)[C@H]1O. The van der Waals surface area contributed by atoms with Crippen LogP contribution in [0.15, 0.2) is 12.7 Å². The molecule has 0 aromatic carbocycles. The smallest absolute Gasteiger partial charge is 0.186 e. The van der Waals surface area contributed by atoms with E-state index in [4.69, 9.17) is 14.6 Å². The fourth-order valence-corrected chi connectivity index (χ4v) is 1.74. The molecule has 1 heterocycles. The van der Waals surface area contributed by atoms with Crippen molar-refractivity contribution in [3.63, 3.8) is 0 Å². The van der Waals surface area contributed by atoms with Crippen LogP contribution in [0, 0.1) is 5.41 Å². The zero-order valence-corrected chi connectivity index (χ0v) is 11.7. The highest BCUT2D eigenvalue weighted by Gasteiger charge is 2.44. The average Bonchev–Trinajstić information content (AvgIpc) is 2.43. The predicted octanol–water partition coefficient (Wildman–Crippen LogP) is -1.62. The van der Waals surface area contributed by atoms with E-state index < -0.39 is 48.8 Å². The summed E-state index contributed by atoms with van der Waals surface area (Å²) in [6.07, 6.45) is -5.95. The van der Waals surface area contributed by atoms with Gasteiger partial charge in [0.2, 0.25) is 0 Å². The highest BCUT2D eigenvalue weighted by Crippen LogP contribution is 2.25. The van der Waals surface area contributed by atoms with Gasteiger partial charge in [0.05, 0.1) is 19.3 Å². The van der Waals surface area contributed by atoms with Gasteiger partial charge in [-0.05, 0) is 0 Å². The summed E-state index contributed by atoms with van der Waals surface area (Å²) >= 11 is 0. The van der Waals surface area contributed by atoms with E-state index in [1.807, 2.05) is 0 Å². The molecule has 0 unspecified atom stereocenters. The molecule has 0 amide bonds. The molecule has 7 heteroatoms. The summed E-state index contributed by atoms with van der Waals surface area (Å²) < 4.78 is 10.4. The molecule has 0 spiro atoms. The van der Waals surface area contributed by atoms with E-state index in [0.717, 1.165) is 0 Å². The molecule has 0 radical (unpaired) electrons. The highest BCUT2D eigenvalue weighted by molar-refractivity contribution is 4.94. The quantitative estimate of drug-likeness (QED) is 0.373. The zero-order chi connectivity index (χ0) is 15.5. The Morgan fingerprint density at radius 3 is 2.35 bits per heavy atom. The number of rotatable bonds is 6. The first-order chi connectivity index (χ1) is 9.24. The van der Waals surface area contributed by atoms with Crippen molar-refractivity contribution < 1.29 is 35.0 Å². The highest BCUT2D eigenvalue weighted by atomic mass is 16.7. The van der Waals surface area contributed by atoms with Crippen molar-refractivity contribution in [2.45, 2.75) is 50.7 Å². The molecule has 0 aromatic heterocycles. The van der Waals surface area contributed by atoms with Gasteiger partial charge in [-0.15, -0.1) is 6.58 Å². The van der Waals surface area contributed by atoms with Crippen LogP contribution >= 0.6 is 0 Å². The van der Waals surface area contributed by atoms with Gasteiger partial charge < -0.3 is 35.0 Å². The summed E-state index contributed by atoms with van der Waals surface area (Å²) in [5, 5.41) is 47.9. The second-order valence-electron chi connectivity index (χ2n) is 5.57. The molecule has 7 nitrogen and oxygen atoms in total. The third-order valence-corrected chi connectivity index (χ3v) is 3.65. The average molecular weight is 292 g/mol. The lowest BCUT2D eigenvalue weighted by atomic mass is 9.87. The van der Waals surface area contributed by atoms with Crippen LogP contribution in [-0.2, 0) is 9.47 Å². The largest absolute Gasteiger partial charge is 0.394 e. The summed E-state index contributed by atoms with van der Waals surface area (Å²) in [5.74, 6) is 0. The Morgan fingerprint density at radius 2 is 1.85 bits per heavy atom. The van der Waals surface area contributed by atoms with E-state index >= 15 is 0 Å². The predicted molar refractivity (Wildman–Crippen MR) is 69.7 cm³/mol. The first-order valence-corrected chi connectivity index (χ1v) is 6.48. The van der Waals surface area contributed by atoms with E-state index in [1.165, 1.54) is 0 Å². The molecule has 1 aliphatic heterocycles. The Hall–Kier alpha value is -0.540. The molecule has 1 rings (SSSR count). The van der Waals surface area contributed by atoms with Gasteiger partial charge in [0.15, 0.2) is 6.29 Å². The molecule has 118 valence electrons. The lowest BCUT2D eigenvalue weighted by Gasteiger charge is -2.40. The Balaban J connectivity index is 2.61. The standard InChI is InChI=1S/C13H24O7/c1-4-13(2,3)8(15)6-19-12-11(18)10(17)9(16)7(5-14)20-12/h4,7-12,14-18H,1,5-6H2,2-3H3/t7-,8-,9+,10+,11-,12-/m1/s1. The summed E-state index contributed by atoms with van der Waals surface area (Å²) in [6.45, 7) is 6.47. The van der Waals surface area contributed by atoms with E-state index in [0.29, 0.717) is 0 Å². The third kappa shape index (κ3) is 3.76. The molecule has 6 atom stereocenters. The molecule has 0 aliphatic carbocycles. The van der Waals surface area contributed by atoms with Crippen LogP contribution in [0.3, 0.4) is 0 Å². The fraction of sp³-hybridized carbons (Fsp3) is 0.846. The Kier molecular flexibility index (Phi) is 6.08. The Morgan fingerprint density at radius 1 is 1.25 bits per heavy atom. The van der Waals surface area contributed by atoms with Gasteiger partial charge in [-0.3, -0.25) is 0 Å². The molecule has 1 fully saturated rings. The van der Waals surface area contributed by atoms with Crippen molar-refractivity contribution in [2.24, 2.45) is 5.41 Å². The van der Waals surface area contributed by atoms with Gasteiger partial charge >= 0.3 is 0 Å². The monoisotopic (exact) mass is 292 g/mol. The Bertz CT molecular complexity index is 318. The number of aliphatic hydroxyl groups excluding tert-OH is 5. The number of ether oxygens (including phenoxy) is 2. The van der Waals surface area contributed by atoms with Crippen LogP contribution in [-0.4, -0.2) is 75.6 Å². The van der Waals surface area contributed by atoms with Gasteiger partial charge in [-0.1, -0.05) is 19.9 Å². The summed E-state index contributed by atoms with van der Waals surface area (Å²) in [5.41, 5.74) is -0.589. The van der Waals surface area contributed by atoms with Crippen LogP contribution in [0.5, 0.6) is 0 Å².